The zero-order valence-electron chi connectivity index (χ0n) is 14.0. The van der Waals surface area contributed by atoms with Gasteiger partial charge < -0.3 is 0 Å². The molecule has 0 radical (unpaired) electrons. The van der Waals surface area contributed by atoms with E-state index in [4.69, 9.17) is 11.6 Å². The monoisotopic (exact) mass is 395 g/mol. The SMILES string of the molecule is Cc1ccc(S(=O)(=O)NCCC(=O)NNC(=O)c2cccc(Cl)c2)cc1. The van der Waals surface area contributed by atoms with Crippen molar-refractivity contribution >= 4 is 33.4 Å². The van der Waals surface area contributed by atoms with Crippen LogP contribution >= 0.6 is 11.6 Å². The van der Waals surface area contributed by atoms with Gasteiger partial charge in [-0.05, 0) is 37.3 Å². The fourth-order valence-electron chi connectivity index (χ4n) is 1.99. The molecule has 2 aromatic carbocycles. The first kappa shape index (κ1) is 19.9. The van der Waals surface area contributed by atoms with Crippen LogP contribution in [-0.2, 0) is 14.8 Å². The van der Waals surface area contributed by atoms with Crippen LogP contribution in [0.4, 0.5) is 0 Å². The third-order valence-electron chi connectivity index (χ3n) is 3.38. The molecule has 9 heteroatoms. The van der Waals surface area contributed by atoms with Gasteiger partial charge in [0.25, 0.3) is 5.91 Å². The van der Waals surface area contributed by atoms with Crippen molar-refractivity contribution in [2.75, 3.05) is 6.54 Å². The van der Waals surface area contributed by atoms with Crippen molar-refractivity contribution in [3.05, 3.63) is 64.7 Å². The lowest BCUT2D eigenvalue weighted by Gasteiger charge is -2.09. The highest BCUT2D eigenvalue weighted by molar-refractivity contribution is 7.89. The molecule has 0 atom stereocenters. The van der Waals surface area contributed by atoms with Crippen molar-refractivity contribution in [3.8, 4) is 0 Å². The molecule has 0 heterocycles. The van der Waals surface area contributed by atoms with Crippen LogP contribution in [0.2, 0.25) is 5.02 Å². The van der Waals surface area contributed by atoms with Crippen LogP contribution in [0.5, 0.6) is 0 Å². The van der Waals surface area contributed by atoms with Gasteiger partial charge in [-0.15, -0.1) is 0 Å². The van der Waals surface area contributed by atoms with Crippen molar-refractivity contribution in [1.29, 1.82) is 0 Å². The maximum atomic E-state index is 12.1. The average molecular weight is 396 g/mol. The number of halogens is 1. The van der Waals surface area contributed by atoms with Gasteiger partial charge in [0.15, 0.2) is 0 Å². The molecule has 0 aromatic heterocycles. The number of carbonyl (C=O) groups is 2. The average Bonchev–Trinajstić information content (AvgIpc) is 2.60. The molecule has 0 spiro atoms. The zero-order valence-corrected chi connectivity index (χ0v) is 15.5. The number of amides is 2. The Balaban J connectivity index is 1.78. The molecule has 0 fully saturated rings. The van der Waals surface area contributed by atoms with Crippen LogP contribution in [0.1, 0.15) is 22.3 Å². The van der Waals surface area contributed by atoms with Crippen molar-refractivity contribution in [2.45, 2.75) is 18.2 Å². The Labute approximate surface area is 156 Å². The minimum atomic E-state index is -3.68. The first-order valence-electron chi connectivity index (χ1n) is 7.69. The molecule has 0 aliphatic rings. The fraction of sp³-hybridized carbons (Fsp3) is 0.176. The summed E-state index contributed by atoms with van der Waals surface area (Å²) in [5.74, 6) is -1.06. The van der Waals surface area contributed by atoms with E-state index in [1.165, 1.54) is 18.2 Å². The molecule has 0 aliphatic heterocycles. The van der Waals surface area contributed by atoms with Gasteiger partial charge in [-0.2, -0.15) is 0 Å². The third-order valence-corrected chi connectivity index (χ3v) is 5.09. The Bertz CT molecular complexity index is 898. The second-order valence-corrected chi connectivity index (χ2v) is 7.68. The van der Waals surface area contributed by atoms with E-state index in [0.29, 0.717) is 5.02 Å². The van der Waals surface area contributed by atoms with Crippen LogP contribution in [0.15, 0.2) is 53.4 Å². The number of nitrogens with one attached hydrogen (secondary N) is 3. The van der Waals surface area contributed by atoms with Crippen LogP contribution in [-0.4, -0.2) is 26.8 Å². The van der Waals surface area contributed by atoms with Gasteiger partial charge in [-0.25, -0.2) is 13.1 Å². The van der Waals surface area contributed by atoms with Gasteiger partial charge in [0.2, 0.25) is 15.9 Å². The standard InChI is InChI=1S/C17H18ClN3O4S/c1-12-5-7-15(8-6-12)26(24,25)19-10-9-16(22)20-21-17(23)13-3-2-4-14(18)11-13/h2-8,11,19H,9-10H2,1H3,(H,20,22)(H,21,23). The van der Waals surface area contributed by atoms with E-state index >= 15 is 0 Å². The van der Waals surface area contributed by atoms with Gasteiger partial charge in [-0.1, -0.05) is 35.4 Å². The van der Waals surface area contributed by atoms with E-state index in [2.05, 4.69) is 15.6 Å². The van der Waals surface area contributed by atoms with Crippen LogP contribution < -0.4 is 15.6 Å². The Morgan fingerprint density at radius 1 is 1.04 bits per heavy atom. The number of benzene rings is 2. The van der Waals surface area contributed by atoms with E-state index in [1.54, 1.807) is 30.3 Å². The van der Waals surface area contributed by atoms with Crippen LogP contribution in [0, 0.1) is 6.92 Å². The number of sulfonamides is 1. The van der Waals surface area contributed by atoms with Crippen molar-refractivity contribution in [3.63, 3.8) is 0 Å². The predicted molar refractivity (Wildman–Crippen MR) is 98.0 cm³/mol. The minimum Gasteiger partial charge on any atom is -0.273 e. The first-order chi connectivity index (χ1) is 12.3. The van der Waals surface area contributed by atoms with Gasteiger partial charge in [0, 0.05) is 23.6 Å². The molecule has 2 rings (SSSR count). The molecule has 2 aromatic rings. The summed E-state index contributed by atoms with van der Waals surface area (Å²) in [6.45, 7) is 1.75. The van der Waals surface area contributed by atoms with E-state index in [9.17, 15) is 18.0 Å². The van der Waals surface area contributed by atoms with E-state index in [1.807, 2.05) is 6.92 Å². The summed E-state index contributed by atoms with van der Waals surface area (Å²) in [5.41, 5.74) is 5.69. The maximum Gasteiger partial charge on any atom is 0.269 e. The van der Waals surface area contributed by atoms with E-state index in [0.717, 1.165) is 5.56 Å². The minimum absolute atomic E-state index is 0.102. The van der Waals surface area contributed by atoms with E-state index < -0.39 is 21.8 Å². The van der Waals surface area contributed by atoms with Crippen LogP contribution in [0.25, 0.3) is 0 Å². The normalized spacial score (nSPS) is 11.0. The van der Waals surface area contributed by atoms with Crippen molar-refractivity contribution < 1.29 is 18.0 Å². The highest BCUT2D eigenvalue weighted by Gasteiger charge is 2.14. The molecule has 0 unspecified atom stereocenters. The first-order valence-corrected chi connectivity index (χ1v) is 9.55. The summed E-state index contributed by atoms with van der Waals surface area (Å²) in [5, 5.41) is 0.398. The number of rotatable bonds is 6. The Morgan fingerprint density at radius 3 is 2.38 bits per heavy atom. The maximum absolute atomic E-state index is 12.1. The number of hydrazine groups is 1. The highest BCUT2D eigenvalue weighted by atomic mass is 35.5. The number of hydrogen-bond donors (Lipinski definition) is 3. The molecule has 0 saturated carbocycles. The van der Waals surface area contributed by atoms with Gasteiger partial charge >= 0.3 is 0 Å². The Morgan fingerprint density at radius 2 is 1.73 bits per heavy atom. The molecule has 0 bridgehead atoms. The van der Waals surface area contributed by atoms with Gasteiger partial charge in [0.05, 0.1) is 4.90 Å². The third kappa shape index (κ3) is 5.83. The van der Waals surface area contributed by atoms with Gasteiger partial charge in [-0.3, -0.25) is 20.4 Å². The highest BCUT2D eigenvalue weighted by Crippen LogP contribution is 2.10. The molecule has 3 N–H and O–H groups in total. The lowest BCUT2D eigenvalue weighted by atomic mass is 10.2. The predicted octanol–water partition coefficient (Wildman–Crippen LogP) is 1.78. The van der Waals surface area contributed by atoms with Crippen molar-refractivity contribution in [2.24, 2.45) is 0 Å². The number of carbonyl (C=O) groups excluding carboxylic acids is 2. The van der Waals surface area contributed by atoms with Crippen molar-refractivity contribution in [1.82, 2.24) is 15.6 Å². The molecule has 2 amide bonds. The topological polar surface area (TPSA) is 104 Å². The van der Waals surface area contributed by atoms with E-state index in [-0.39, 0.29) is 23.4 Å². The summed E-state index contributed by atoms with van der Waals surface area (Å²) in [7, 11) is -3.68. The summed E-state index contributed by atoms with van der Waals surface area (Å²) < 4.78 is 26.5. The smallest absolute Gasteiger partial charge is 0.269 e. The molecule has 7 nitrogen and oxygen atoms in total. The number of aryl methyl sites for hydroxylation is 1. The quantitative estimate of drug-likeness (QED) is 0.648. The van der Waals surface area contributed by atoms with Crippen LogP contribution in [0.3, 0.4) is 0 Å². The largest absolute Gasteiger partial charge is 0.273 e. The molecular formula is C17H18ClN3O4S. The molecule has 138 valence electrons. The molecule has 0 aliphatic carbocycles. The Hall–Kier alpha value is -2.42. The molecule has 0 saturated heterocycles. The zero-order chi connectivity index (χ0) is 19.2. The lowest BCUT2D eigenvalue weighted by Crippen LogP contribution is -2.42. The Kier molecular flexibility index (Phi) is 6.73. The summed E-state index contributed by atoms with van der Waals surface area (Å²) >= 11 is 5.79. The summed E-state index contributed by atoms with van der Waals surface area (Å²) in [6, 6.07) is 12.6. The second kappa shape index (κ2) is 8.79. The summed E-state index contributed by atoms with van der Waals surface area (Å²) in [6.07, 6.45) is -0.138. The molecule has 26 heavy (non-hydrogen) atoms. The lowest BCUT2D eigenvalue weighted by molar-refractivity contribution is -0.121. The number of hydrogen-bond acceptors (Lipinski definition) is 4. The fourth-order valence-corrected chi connectivity index (χ4v) is 3.21. The molecular weight excluding hydrogens is 378 g/mol. The second-order valence-electron chi connectivity index (χ2n) is 5.47. The summed E-state index contributed by atoms with van der Waals surface area (Å²) in [4.78, 5) is 23.7. The van der Waals surface area contributed by atoms with Gasteiger partial charge in [0.1, 0.15) is 0 Å².